The lowest BCUT2D eigenvalue weighted by molar-refractivity contribution is -0.115. The van der Waals surface area contributed by atoms with Crippen molar-refractivity contribution in [3.8, 4) is 11.1 Å². The molecule has 1 atom stereocenters. The van der Waals surface area contributed by atoms with Gasteiger partial charge in [-0.3, -0.25) is 9.59 Å². The van der Waals surface area contributed by atoms with Gasteiger partial charge in [-0.05, 0) is 60.5 Å². The summed E-state index contributed by atoms with van der Waals surface area (Å²) >= 11 is 2.66. The Balaban J connectivity index is 1.27. The number of rotatable bonds is 9. The van der Waals surface area contributed by atoms with E-state index in [1.807, 2.05) is 96.4 Å². The topological polar surface area (TPSA) is 84.5 Å². The molecule has 0 aliphatic heterocycles. The van der Waals surface area contributed by atoms with Gasteiger partial charge < -0.3 is 15.4 Å². The van der Waals surface area contributed by atoms with Crippen LogP contribution in [-0.2, 0) is 9.53 Å². The van der Waals surface area contributed by atoms with Crippen molar-refractivity contribution < 1.29 is 19.1 Å². The first-order chi connectivity index (χ1) is 19.9. The summed E-state index contributed by atoms with van der Waals surface area (Å²) in [7, 11) is 0. The van der Waals surface area contributed by atoms with Gasteiger partial charge in [0.05, 0.1) is 11.9 Å². The van der Waals surface area contributed by atoms with Crippen molar-refractivity contribution in [3.05, 3.63) is 114 Å². The molecule has 1 aromatic heterocycles. The average molecular weight is 581 g/mol. The molecule has 0 spiro atoms. The summed E-state index contributed by atoms with van der Waals surface area (Å²) in [6, 6.07) is 30.4. The second-order valence-electron chi connectivity index (χ2n) is 9.23. The van der Waals surface area contributed by atoms with Crippen LogP contribution in [0.4, 0.5) is 10.7 Å². The SMILES string of the molecule is CCOC(=O)c1c(-c2ccccc2)csc1NC(=O)C(C)Sc1cccc(NC(=O)c2ccc3ccccc3c2)c1. The monoisotopic (exact) mass is 580 g/mol. The molecule has 5 aromatic rings. The lowest BCUT2D eigenvalue weighted by Gasteiger charge is -2.14. The molecule has 0 aliphatic rings. The van der Waals surface area contributed by atoms with Crippen LogP contribution in [0, 0.1) is 0 Å². The van der Waals surface area contributed by atoms with E-state index in [2.05, 4.69) is 10.6 Å². The van der Waals surface area contributed by atoms with E-state index in [9.17, 15) is 14.4 Å². The molecule has 41 heavy (non-hydrogen) atoms. The fourth-order valence-electron chi connectivity index (χ4n) is 4.34. The number of hydrogen-bond acceptors (Lipinski definition) is 6. The molecule has 8 heteroatoms. The number of esters is 1. The Morgan fingerprint density at radius 1 is 0.854 bits per heavy atom. The number of benzene rings is 4. The zero-order chi connectivity index (χ0) is 28.8. The summed E-state index contributed by atoms with van der Waals surface area (Å²) in [5.74, 6) is -0.923. The molecule has 2 N–H and O–H groups in total. The first-order valence-corrected chi connectivity index (χ1v) is 14.9. The maximum Gasteiger partial charge on any atom is 0.341 e. The third-order valence-corrected chi connectivity index (χ3v) is 8.37. The van der Waals surface area contributed by atoms with Gasteiger partial charge in [-0.25, -0.2) is 4.79 Å². The molecule has 1 heterocycles. The molecule has 5 rings (SSSR count). The minimum Gasteiger partial charge on any atom is -0.462 e. The van der Waals surface area contributed by atoms with E-state index < -0.39 is 11.2 Å². The summed E-state index contributed by atoms with van der Waals surface area (Å²) < 4.78 is 5.30. The maximum atomic E-state index is 13.2. The maximum absolute atomic E-state index is 13.2. The van der Waals surface area contributed by atoms with E-state index in [1.54, 1.807) is 19.9 Å². The molecule has 6 nitrogen and oxygen atoms in total. The zero-order valence-electron chi connectivity index (χ0n) is 22.5. The van der Waals surface area contributed by atoms with Gasteiger partial charge in [0.25, 0.3) is 5.91 Å². The van der Waals surface area contributed by atoms with Crippen molar-refractivity contribution in [2.24, 2.45) is 0 Å². The van der Waals surface area contributed by atoms with Gasteiger partial charge in [0, 0.05) is 27.1 Å². The summed E-state index contributed by atoms with van der Waals surface area (Å²) in [5.41, 5.74) is 3.15. The number of hydrogen-bond donors (Lipinski definition) is 2. The number of carbonyl (C=O) groups is 3. The molecule has 0 aliphatic carbocycles. The molecule has 0 radical (unpaired) electrons. The molecule has 206 valence electrons. The normalized spacial score (nSPS) is 11.6. The van der Waals surface area contributed by atoms with Gasteiger partial charge in [0.2, 0.25) is 5.91 Å². The predicted molar refractivity (Wildman–Crippen MR) is 168 cm³/mol. The highest BCUT2D eigenvalue weighted by molar-refractivity contribution is 8.00. The zero-order valence-corrected chi connectivity index (χ0v) is 24.2. The summed E-state index contributed by atoms with van der Waals surface area (Å²) in [5, 5.41) is 9.79. The van der Waals surface area contributed by atoms with Crippen molar-refractivity contribution in [1.82, 2.24) is 0 Å². The summed E-state index contributed by atoms with van der Waals surface area (Å²) in [6.45, 7) is 3.79. The lowest BCUT2D eigenvalue weighted by atomic mass is 10.0. The Morgan fingerprint density at radius 3 is 2.39 bits per heavy atom. The largest absolute Gasteiger partial charge is 0.462 e. The van der Waals surface area contributed by atoms with Crippen LogP contribution in [0.3, 0.4) is 0 Å². The van der Waals surface area contributed by atoms with Crippen LogP contribution >= 0.6 is 23.1 Å². The molecule has 0 saturated heterocycles. The second kappa shape index (κ2) is 12.8. The van der Waals surface area contributed by atoms with E-state index in [0.29, 0.717) is 21.8 Å². The Kier molecular flexibility index (Phi) is 8.82. The number of anilines is 2. The molecule has 1 unspecified atom stereocenters. The number of fused-ring (bicyclic) bond motifs is 1. The highest BCUT2D eigenvalue weighted by atomic mass is 32.2. The lowest BCUT2D eigenvalue weighted by Crippen LogP contribution is -2.23. The van der Waals surface area contributed by atoms with E-state index in [1.165, 1.54) is 23.1 Å². The number of thiophene rings is 1. The van der Waals surface area contributed by atoms with Crippen LogP contribution in [0.5, 0.6) is 0 Å². The Hall–Kier alpha value is -4.40. The number of amides is 2. The van der Waals surface area contributed by atoms with Gasteiger partial charge in [-0.15, -0.1) is 23.1 Å². The van der Waals surface area contributed by atoms with E-state index in [0.717, 1.165) is 26.8 Å². The highest BCUT2D eigenvalue weighted by Crippen LogP contribution is 2.37. The number of carbonyl (C=O) groups excluding carboxylic acids is 3. The third kappa shape index (κ3) is 6.67. The Labute approximate surface area is 246 Å². The number of ether oxygens (including phenoxy) is 1. The van der Waals surface area contributed by atoms with Crippen molar-refractivity contribution >= 4 is 62.3 Å². The number of thioether (sulfide) groups is 1. The van der Waals surface area contributed by atoms with Crippen LogP contribution in [-0.4, -0.2) is 29.6 Å². The van der Waals surface area contributed by atoms with Crippen LogP contribution in [0.15, 0.2) is 107 Å². The van der Waals surface area contributed by atoms with Crippen molar-refractivity contribution in [1.29, 1.82) is 0 Å². The Morgan fingerprint density at radius 2 is 1.61 bits per heavy atom. The van der Waals surface area contributed by atoms with Crippen molar-refractivity contribution in [3.63, 3.8) is 0 Å². The minimum atomic E-state index is -0.474. The molecule has 2 amide bonds. The van der Waals surface area contributed by atoms with E-state index in [4.69, 9.17) is 4.74 Å². The molecule has 0 bridgehead atoms. The Bertz CT molecular complexity index is 1720. The standard InChI is InChI=1S/C33H28N2O4S2/c1-3-39-33(38)29-28(23-11-5-4-6-12-23)20-40-32(29)35-30(36)21(2)41-27-15-9-14-26(19-27)34-31(37)25-17-16-22-10-7-8-13-24(22)18-25/h4-21H,3H2,1-2H3,(H,34,37)(H,35,36). The minimum absolute atomic E-state index is 0.206. The molecule has 0 fully saturated rings. The highest BCUT2D eigenvalue weighted by Gasteiger charge is 2.24. The van der Waals surface area contributed by atoms with Crippen molar-refractivity contribution in [2.45, 2.75) is 24.0 Å². The smallest absolute Gasteiger partial charge is 0.341 e. The van der Waals surface area contributed by atoms with Crippen LogP contribution < -0.4 is 10.6 Å². The fourth-order valence-corrected chi connectivity index (χ4v) is 6.22. The van der Waals surface area contributed by atoms with E-state index in [-0.39, 0.29) is 18.4 Å². The third-order valence-electron chi connectivity index (χ3n) is 6.38. The van der Waals surface area contributed by atoms with Crippen LogP contribution in [0.2, 0.25) is 0 Å². The van der Waals surface area contributed by atoms with Gasteiger partial charge >= 0.3 is 5.97 Å². The fraction of sp³-hybridized carbons (Fsp3) is 0.121. The predicted octanol–water partition coefficient (Wildman–Crippen LogP) is 8.12. The molecule has 0 saturated carbocycles. The van der Waals surface area contributed by atoms with Gasteiger partial charge in [-0.2, -0.15) is 0 Å². The van der Waals surface area contributed by atoms with E-state index >= 15 is 0 Å². The van der Waals surface area contributed by atoms with Gasteiger partial charge in [0.15, 0.2) is 0 Å². The quantitative estimate of drug-likeness (QED) is 0.136. The van der Waals surface area contributed by atoms with Crippen LogP contribution in [0.1, 0.15) is 34.6 Å². The first-order valence-electron chi connectivity index (χ1n) is 13.1. The second-order valence-corrected chi connectivity index (χ2v) is 11.5. The summed E-state index contributed by atoms with van der Waals surface area (Å²) in [6.07, 6.45) is 0. The van der Waals surface area contributed by atoms with Crippen LogP contribution in [0.25, 0.3) is 21.9 Å². The van der Waals surface area contributed by atoms with Crippen molar-refractivity contribution in [2.75, 3.05) is 17.2 Å². The van der Waals surface area contributed by atoms with Gasteiger partial charge in [0.1, 0.15) is 10.6 Å². The van der Waals surface area contributed by atoms with Gasteiger partial charge in [-0.1, -0.05) is 66.7 Å². The molecule has 4 aromatic carbocycles. The summed E-state index contributed by atoms with van der Waals surface area (Å²) in [4.78, 5) is 39.8. The molecular formula is C33H28N2O4S2. The molecular weight excluding hydrogens is 553 g/mol. The first kappa shape index (κ1) is 28.1. The average Bonchev–Trinajstić information content (AvgIpc) is 3.41. The number of nitrogens with one attached hydrogen (secondary N) is 2.